The van der Waals surface area contributed by atoms with Gasteiger partial charge in [0.2, 0.25) is 0 Å². The van der Waals surface area contributed by atoms with Crippen LogP contribution >= 0.6 is 11.3 Å². The second-order valence-electron chi connectivity index (χ2n) is 9.55. The number of benzene rings is 2. The number of thiophene rings is 1. The third-order valence-corrected chi connectivity index (χ3v) is 7.94. The Morgan fingerprint density at radius 2 is 2.00 bits per heavy atom. The first-order valence-corrected chi connectivity index (χ1v) is 13.3. The van der Waals surface area contributed by atoms with Crippen LogP contribution in [0.5, 0.6) is 5.75 Å². The molecule has 5 rings (SSSR count). The van der Waals surface area contributed by atoms with Gasteiger partial charge in [0, 0.05) is 15.8 Å². The fourth-order valence-corrected chi connectivity index (χ4v) is 6.17. The van der Waals surface area contributed by atoms with Crippen LogP contribution in [0.25, 0.3) is 22.2 Å². The van der Waals surface area contributed by atoms with Crippen molar-refractivity contribution in [3.63, 3.8) is 0 Å². The quantitative estimate of drug-likeness (QED) is 0.303. The number of nitrogens with one attached hydrogen (secondary N) is 1. The van der Waals surface area contributed by atoms with Crippen LogP contribution in [0.15, 0.2) is 54.6 Å². The minimum Gasteiger partial charge on any atom is -0.491 e. The number of hydrogen-bond acceptors (Lipinski definition) is 5. The Morgan fingerprint density at radius 1 is 1.22 bits per heavy atom. The third kappa shape index (κ3) is 4.72. The number of para-hydroxylation sites is 1. The molecule has 5 nitrogen and oxygen atoms in total. The number of aromatic nitrogens is 1. The number of nitrogens with zero attached hydrogens (tertiary/aromatic N) is 2. The number of fused-ring (bicyclic) bond motifs is 2. The molecular weight excluding hydrogens is 466 g/mol. The van der Waals surface area contributed by atoms with E-state index in [-0.39, 0.29) is 12.0 Å². The molecule has 182 valence electrons. The second kappa shape index (κ2) is 10.1. The lowest BCUT2D eigenvalue weighted by Crippen LogP contribution is -2.13. The van der Waals surface area contributed by atoms with Crippen molar-refractivity contribution in [3.05, 3.63) is 76.2 Å². The van der Waals surface area contributed by atoms with Crippen LogP contribution in [0.3, 0.4) is 0 Å². The zero-order valence-corrected chi connectivity index (χ0v) is 21.6. The lowest BCUT2D eigenvalue weighted by atomic mass is 9.86. The normalized spacial score (nSPS) is 14.9. The predicted molar refractivity (Wildman–Crippen MR) is 146 cm³/mol. The highest BCUT2D eigenvalue weighted by Crippen LogP contribution is 2.40. The third-order valence-electron chi connectivity index (χ3n) is 6.77. The number of ether oxygens (including phenoxy) is 1. The summed E-state index contributed by atoms with van der Waals surface area (Å²) >= 11 is 1.56. The van der Waals surface area contributed by atoms with Gasteiger partial charge in [-0.15, -0.1) is 11.3 Å². The number of carbonyl (C=O) groups excluding carboxylic acids is 1. The molecule has 1 unspecified atom stereocenters. The van der Waals surface area contributed by atoms with Crippen LogP contribution in [-0.2, 0) is 12.8 Å². The highest BCUT2D eigenvalue weighted by Gasteiger charge is 2.26. The van der Waals surface area contributed by atoms with Gasteiger partial charge in [-0.2, -0.15) is 5.26 Å². The summed E-state index contributed by atoms with van der Waals surface area (Å²) < 4.78 is 5.76. The minimum atomic E-state index is -0.225. The molecule has 1 N–H and O–H groups in total. The zero-order valence-electron chi connectivity index (χ0n) is 20.8. The molecular formula is C30H29N3O2S. The molecule has 4 aromatic rings. The van der Waals surface area contributed by atoms with E-state index in [0.717, 1.165) is 53.5 Å². The van der Waals surface area contributed by atoms with Crippen molar-refractivity contribution in [1.82, 2.24) is 4.98 Å². The maximum Gasteiger partial charge on any atom is 0.257 e. The van der Waals surface area contributed by atoms with Crippen molar-refractivity contribution in [2.45, 2.75) is 52.6 Å². The highest BCUT2D eigenvalue weighted by molar-refractivity contribution is 7.16. The fourth-order valence-electron chi connectivity index (χ4n) is 4.87. The maximum absolute atomic E-state index is 13.6. The molecule has 2 aromatic heterocycles. The van der Waals surface area contributed by atoms with Gasteiger partial charge in [-0.1, -0.05) is 31.5 Å². The molecule has 1 amide bonds. The van der Waals surface area contributed by atoms with Crippen LogP contribution < -0.4 is 10.1 Å². The molecule has 6 heteroatoms. The van der Waals surface area contributed by atoms with Crippen molar-refractivity contribution in [2.75, 3.05) is 5.32 Å². The molecule has 0 bridgehead atoms. The first-order chi connectivity index (χ1) is 17.5. The highest BCUT2D eigenvalue weighted by atomic mass is 32.1. The van der Waals surface area contributed by atoms with E-state index in [2.05, 4.69) is 18.3 Å². The molecule has 1 aliphatic carbocycles. The molecule has 0 radical (unpaired) electrons. The van der Waals surface area contributed by atoms with Crippen molar-refractivity contribution >= 4 is 33.1 Å². The average molecular weight is 496 g/mol. The molecule has 1 aliphatic rings. The van der Waals surface area contributed by atoms with E-state index in [1.54, 1.807) is 11.3 Å². The molecule has 0 spiro atoms. The number of amides is 1. The van der Waals surface area contributed by atoms with Crippen LogP contribution in [0.4, 0.5) is 5.00 Å². The first kappa shape index (κ1) is 24.0. The summed E-state index contributed by atoms with van der Waals surface area (Å²) in [5.41, 5.74) is 4.65. The maximum atomic E-state index is 13.6. The van der Waals surface area contributed by atoms with Crippen LogP contribution in [0.2, 0.25) is 0 Å². The number of anilines is 1. The molecule has 0 saturated heterocycles. The van der Waals surface area contributed by atoms with E-state index in [4.69, 9.17) is 9.72 Å². The van der Waals surface area contributed by atoms with Gasteiger partial charge in [-0.3, -0.25) is 4.79 Å². The summed E-state index contributed by atoms with van der Waals surface area (Å²) in [6, 6.07) is 19.6. The Bertz CT molecular complexity index is 1460. The van der Waals surface area contributed by atoms with Crippen molar-refractivity contribution in [3.8, 4) is 23.1 Å². The summed E-state index contributed by atoms with van der Waals surface area (Å²) in [5, 5.41) is 14.4. The summed E-state index contributed by atoms with van der Waals surface area (Å²) in [4.78, 5) is 19.7. The van der Waals surface area contributed by atoms with Gasteiger partial charge in [-0.25, -0.2) is 4.98 Å². The molecule has 0 aliphatic heterocycles. The van der Waals surface area contributed by atoms with Gasteiger partial charge in [0.25, 0.3) is 5.91 Å². The number of pyridine rings is 1. The number of rotatable bonds is 6. The van der Waals surface area contributed by atoms with E-state index in [9.17, 15) is 10.1 Å². The lowest BCUT2D eigenvalue weighted by Gasteiger charge is -2.20. The predicted octanol–water partition coefficient (Wildman–Crippen LogP) is 7.39. The molecule has 0 fully saturated rings. The van der Waals surface area contributed by atoms with Gasteiger partial charge < -0.3 is 10.1 Å². The summed E-state index contributed by atoms with van der Waals surface area (Å²) in [7, 11) is 0. The van der Waals surface area contributed by atoms with Gasteiger partial charge >= 0.3 is 0 Å². The second-order valence-corrected chi connectivity index (χ2v) is 10.7. The molecule has 2 aromatic carbocycles. The summed E-state index contributed by atoms with van der Waals surface area (Å²) in [6.07, 6.45) is 4.22. The summed E-state index contributed by atoms with van der Waals surface area (Å²) in [5.74, 6) is 1.22. The standard InChI is InChI=1S/C30H29N3O2S/c1-4-19-9-14-23-25(17-31)30(36-28(23)15-19)33-29(34)24-16-27(32-26-8-6-5-7-22(24)26)20-10-12-21(13-11-20)35-18(2)3/h5-8,10-13,16,18-19H,4,9,14-15H2,1-3H3,(H,33,34). The smallest absolute Gasteiger partial charge is 0.257 e. The monoisotopic (exact) mass is 495 g/mol. The van der Waals surface area contributed by atoms with E-state index in [1.165, 1.54) is 4.88 Å². The summed E-state index contributed by atoms with van der Waals surface area (Å²) in [6.45, 7) is 6.20. The Balaban J connectivity index is 1.50. The van der Waals surface area contributed by atoms with Gasteiger partial charge in [0.15, 0.2) is 0 Å². The average Bonchev–Trinajstić information content (AvgIpc) is 3.23. The van der Waals surface area contributed by atoms with Crippen molar-refractivity contribution in [1.29, 1.82) is 5.26 Å². The van der Waals surface area contributed by atoms with E-state index < -0.39 is 0 Å². The van der Waals surface area contributed by atoms with Crippen molar-refractivity contribution in [2.24, 2.45) is 5.92 Å². The van der Waals surface area contributed by atoms with Gasteiger partial charge in [0.05, 0.1) is 28.4 Å². The SMILES string of the molecule is CCC1CCc2c(sc(NC(=O)c3cc(-c4ccc(OC(C)C)cc4)nc4ccccc34)c2C#N)C1. The Labute approximate surface area is 215 Å². The van der Waals surface area contributed by atoms with Crippen LogP contribution in [-0.4, -0.2) is 17.0 Å². The van der Waals surface area contributed by atoms with Crippen LogP contribution in [0, 0.1) is 17.2 Å². The molecule has 36 heavy (non-hydrogen) atoms. The molecule has 0 saturated carbocycles. The molecule has 2 heterocycles. The van der Waals surface area contributed by atoms with E-state index >= 15 is 0 Å². The van der Waals surface area contributed by atoms with Crippen LogP contribution in [0.1, 0.15) is 60.0 Å². The van der Waals surface area contributed by atoms with Crippen molar-refractivity contribution < 1.29 is 9.53 Å². The Kier molecular flexibility index (Phi) is 6.75. The number of nitriles is 1. The number of hydrogen-bond donors (Lipinski definition) is 1. The Morgan fingerprint density at radius 3 is 2.72 bits per heavy atom. The topological polar surface area (TPSA) is 75.0 Å². The largest absolute Gasteiger partial charge is 0.491 e. The first-order valence-electron chi connectivity index (χ1n) is 12.5. The number of carbonyl (C=O) groups is 1. The van der Waals surface area contributed by atoms with E-state index in [1.807, 2.05) is 68.4 Å². The molecule has 1 atom stereocenters. The minimum absolute atomic E-state index is 0.0963. The van der Waals surface area contributed by atoms with Gasteiger partial charge in [0.1, 0.15) is 16.8 Å². The zero-order chi connectivity index (χ0) is 25.2. The van der Waals surface area contributed by atoms with Gasteiger partial charge in [-0.05, 0) is 81.0 Å². The lowest BCUT2D eigenvalue weighted by molar-refractivity contribution is 0.102. The Hall–Kier alpha value is -3.69. The fraction of sp³-hybridized carbons (Fsp3) is 0.300. The van der Waals surface area contributed by atoms with E-state index in [0.29, 0.717) is 27.7 Å².